The first-order chi connectivity index (χ1) is 13.5. The molecular formula is C21H20N4O2S. The molecule has 0 aliphatic carbocycles. The minimum absolute atomic E-state index is 0.0887. The highest BCUT2D eigenvalue weighted by atomic mass is 32.1. The fraction of sp³-hybridized carbons (Fsp3) is 0.190. The topological polar surface area (TPSA) is 69.0 Å². The minimum atomic E-state index is -0.210. The Labute approximate surface area is 166 Å². The third-order valence-corrected chi connectivity index (χ3v) is 5.04. The Morgan fingerprint density at radius 3 is 2.61 bits per heavy atom. The van der Waals surface area contributed by atoms with Gasteiger partial charge in [-0.15, -0.1) is 0 Å². The second-order valence-corrected chi connectivity index (χ2v) is 7.70. The molecule has 1 N–H and O–H groups in total. The number of amides is 1. The molecule has 6 nitrogen and oxygen atoms in total. The molecule has 0 atom stereocenters. The number of fused-ring (bicyclic) bond motifs is 1. The molecule has 0 aliphatic heterocycles. The van der Waals surface area contributed by atoms with Gasteiger partial charge in [0.05, 0.1) is 22.0 Å². The Kier molecular flexibility index (Phi) is 4.83. The average Bonchev–Trinajstić information content (AvgIpc) is 3.24. The number of benzene rings is 2. The monoisotopic (exact) mass is 392 g/mol. The van der Waals surface area contributed by atoms with Crippen molar-refractivity contribution in [2.45, 2.75) is 26.9 Å². The van der Waals surface area contributed by atoms with E-state index in [9.17, 15) is 4.79 Å². The van der Waals surface area contributed by atoms with Crippen LogP contribution in [0.15, 0.2) is 54.6 Å². The van der Waals surface area contributed by atoms with Gasteiger partial charge in [0.2, 0.25) is 5.13 Å². The molecule has 7 heteroatoms. The van der Waals surface area contributed by atoms with E-state index in [0.717, 1.165) is 21.7 Å². The lowest BCUT2D eigenvalue weighted by Gasteiger charge is -2.10. The number of hydrogen-bond donors (Lipinski definition) is 1. The molecule has 0 bridgehead atoms. The van der Waals surface area contributed by atoms with Crippen molar-refractivity contribution in [2.75, 3.05) is 5.32 Å². The lowest BCUT2D eigenvalue weighted by molar-refractivity contribution is 0.102. The van der Waals surface area contributed by atoms with Crippen molar-refractivity contribution in [1.29, 1.82) is 0 Å². The van der Waals surface area contributed by atoms with Crippen LogP contribution < -0.4 is 10.1 Å². The van der Waals surface area contributed by atoms with Crippen LogP contribution >= 0.6 is 11.3 Å². The standard InChI is InChI=1S/C21H20N4O2S/c1-13(2)27-16-10-8-15(9-11-16)20(26)23-19-12-14(3)24-25(19)21-22-17-6-4-5-7-18(17)28-21/h4-13H,1-3H3,(H,23,26). The number of anilines is 1. The van der Waals surface area contributed by atoms with E-state index in [1.165, 1.54) is 11.3 Å². The van der Waals surface area contributed by atoms with Crippen LogP contribution in [0.1, 0.15) is 29.9 Å². The second kappa shape index (κ2) is 7.44. The summed E-state index contributed by atoms with van der Waals surface area (Å²) in [7, 11) is 0. The molecule has 142 valence electrons. The highest BCUT2D eigenvalue weighted by Gasteiger charge is 2.15. The normalized spacial score (nSPS) is 11.1. The first-order valence-electron chi connectivity index (χ1n) is 9.00. The smallest absolute Gasteiger partial charge is 0.256 e. The maximum absolute atomic E-state index is 12.7. The highest BCUT2D eigenvalue weighted by Crippen LogP contribution is 2.27. The van der Waals surface area contributed by atoms with Crippen molar-refractivity contribution in [3.63, 3.8) is 0 Å². The van der Waals surface area contributed by atoms with E-state index in [1.807, 2.05) is 51.1 Å². The summed E-state index contributed by atoms with van der Waals surface area (Å²) in [6, 6.07) is 16.8. The second-order valence-electron chi connectivity index (χ2n) is 6.69. The number of aromatic nitrogens is 3. The summed E-state index contributed by atoms with van der Waals surface area (Å²) in [6.45, 7) is 5.82. The third-order valence-electron chi connectivity index (χ3n) is 4.03. The Morgan fingerprint density at radius 1 is 1.14 bits per heavy atom. The molecule has 2 heterocycles. The summed E-state index contributed by atoms with van der Waals surface area (Å²) in [5, 5.41) is 8.15. The molecule has 0 spiro atoms. The number of carbonyl (C=O) groups is 1. The van der Waals surface area contributed by atoms with Crippen molar-refractivity contribution in [2.24, 2.45) is 0 Å². The van der Waals surface area contributed by atoms with Crippen molar-refractivity contribution < 1.29 is 9.53 Å². The van der Waals surface area contributed by atoms with E-state index < -0.39 is 0 Å². The van der Waals surface area contributed by atoms with Crippen molar-refractivity contribution in [3.05, 3.63) is 65.9 Å². The summed E-state index contributed by atoms with van der Waals surface area (Å²) >= 11 is 1.53. The van der Waals surface area contributed by atoms with Gasteiger partial charge in [0.25, 0.3) is 5.91 Å². The molecule has 0 aliphatic rings. The molecule has 0 saturated carbocycles. The fourth-order valence-corrected chi connectivity index (χ4v) is 3.76. The summed E-state index contributed by atoms with van der Waals surface area (Å²) in [6.07, 6.45) is 0.0887. The molecule has 2 aromatic carbocycles. The lowest BCUT2D eigenvalue weighted by Crippen LogP contribution is -2.15. The number of nitrogens with zero attached hydrogens (tertiary/aromatic N) is 3. The number of hydrogen-bond acceptors (Lipinski definition) is 5. The zero-order valence-electron chi connectivity index (χ0n) is 15.8. The number of nitrogens with one attached hydrogen (secondary N) is 1. The van der Waals surface area contributed by atoms with E-state index >= 15 is 0 Å². The van der Waals surface area contributed by atoms with Crippen LogP contribution in [0.4, 0.5) is 5.82 Å². The Balaban J connectivity index is 1.59. The molecule has 0 saturated heterocycles. The maximum atomic E-state index is 12.7. The van der Waals surface area contributed by atoms with Crippen LogP contribution in [0.2, 0.25) is 0 Å². The SMILES string of the molecule is Cc1cc(NC(=O)c2ccc(OC(C)C)cc2)n(-c2nc3ccccc3s2)n1. The van der Waals surface area contributed by atoms with Gasteiger partial charge >= 0.3 is 0 Å². The van der Waals surface area contributed by atoms with Crippen LogP contribution in [0, 0.1) is 6.92 Å². The van der Waals surface area contributed by atoms with Crippen LogP contribution in [0.3, 0.4) is 0 Å². The zero-order chi connectivity index (χ0) is 19.7. The summed E-state index contributed by atoms with van der Waals surface area (Å²) in [5.74, 6) is 1.12. The van der Waals surface area contributed by atoms with Gasteiger partial charge < -0.3 is 10.1 Å². The molecule has 4 aromatic rings. The van der Waals surface area contributed by atoms with Gasteiger partial charge in [-0.2, -0.15) is 9.78 Å². The molecule has 0 unspecified atom stereocenters. The van der Waals surface area contributed by atoms with Crippen molar-refractivity contribution in [3.8, 4) is 10.9 Å². The summed E-state index contributed by atoms with van der Waals surface area (Å²) < 4.78 is 8.37. The first kappa shape index (κ1) is 18.2. The molecule has 2 aromatic heterocycles. The van der Waals surface area contributed by atoms with Crippen molar-refractivity contribution in [1.82, 2.24) is 14.8 Å². The van der Waals surface area contributed by atoms with E-state index in [1.54, 1.807) is 28.9 Å². The lowest BCUT2D eigenvalue weighted by atomic mass is 10.2. The molecule has 0 radical (unpaired) electrons. The Hall–Kier alpha value is -3.19. The third kappa shape index (κ3) is 3.75. The number of thiazole rings is 1. The van der Waals surface area contributed by atoms with Gasteiger partial charge in [0.15, 0.2) is 0 Å². The van der Waals surface area contributed by atoms with Crippen LogP contribution in [0.5, 0.6) is 5.75 Å². The van der Waals surface area contributed by atoms with Crippen LogP contribution in [0.25, 0.3) is 15.3 Å². The molecule has 0 fully saturated rings. The van der Waals surface area contributed by atoms with Gasteiger partial charge in [0, 0.05) is 11.6 Å². The van der Waals surface area contributed by atoms with Crippen molar-refractivity contribution >= 4 is 33.3 Å². The number of ether oxygens (including phenoxy) is 1. The molecule has 1 amide bonds. The molecule has 28 heavy (non-hydrogen) atoms. The van der Waals surface area contributed by atoms with Crippen LogP contribution in [-0.4, -0.2) is 26.8 Å². The minimum Gasteiger partial charge on any atom is -0.491 e. The van der Waals surface area contributed by atoms with Gasteiger partial charge in [-0.1, -0.05) is 23.5 Å². The number of carbonyl (C=O) groups excluding carboxylic acids is 1. The number of rotatable bonds is 5. The predicted molar refractivity (Wildman–Crippen MR) is 112 cm³/mol. The fourth-order valence-electron chi connectivity index (χ4n) is 2.83. The van der Waals surface area contributed by atoms with Crippen LogP contribution in [-0.2, 0) is 0 Å². The largest absolute Gasteiger partial charge is 0.491 e. The summed E-state index contributed by atoms with van der Waals surface area (Å²) in [4.78, 5) is 17.3. The average molecular weight is 392 g/mol. The zero-order valence-corrected chi connectivity index (χ0v) is 16.7. The Morgan fingerprint density at radius 2 is 1.89 bits per heavy atom. The maximum Gasteiger partial charge on any atom is 0.256 e. The van der Waals surface area contributed by atoms with E-state index in [4.69, 9.17) is 4.74 Å². The van der Waals surface area contributed by atoms with E-state index in [0.29, 0.717) is 16.5 Å². The van der Waals surface area contributed by atoms with Gasteiger partial charge in [-0.3, -0.25) is 4.79 Å². The van der Waals surface area contributed by atoms with Gasteiger partial charge in [-0.25, -0.2) is 4.98 Å². The Bertz CT molecular complexity index is 1100. The number of para-hydroxylation sites is 1. The van der Waals surface area contributed by atoms with Gasteiger partial charge in [0.1, 0.15) is 11.6 Å². The van der Waals surface area contributed by atoms with Gasteiger partial charge in [-0.05, 0) is 57.2 Å². The first-order valence-corrected chi connectivity index (χ1v) is 9.82. The molecule has 4 rings (SSSR count). The molecular weight excluding hydrogens is 372 g/mol. The van der Waals surface area contributed by atoms with E-state index in [2.05, 4.69) is 15.4 Å². The quantitative estimate of drug-likeness (QED) is 0.528. The number of aryl methyl sites for hydroxylation is 1. The highest BCUT2D eigenvalue weighted by molar-refractivity contribution is 7.20. The summed E-state index contributed by atoms with van der Waals surface area (Å²) in [5.41, 5.74) is 2.26. The predicted octanol–water partition coefficient (Wildman–Crippen LogP) is 4.83. The van der Waals surface area contributed by atoms with E-state index in [-0.39, 0.29) is 12.0 Å².